The first-order chi connectivity index (χ1) is 6.48. The van der Waals surface area contributed by atoms with Crippen LogP contribution in [0.3, 0.4) is 0 Å². The second-order valence-electron chi connectivity index (χ2n) is 3.17. The molecule has 0 radical (unpaired) electrons. The first-order valence-electron chi connectivity index (χ1n) is 4.08. The molecule has 2 rings (SSSR count). The average molecular weight is 203 g/mol. The molecule has 0 amide bonds. The predicted octanol–water partition coefficient (Wildman–Crippen LogP) is 2.10. The second-order valence-corrected chi connectivity index (χ2v) is 3.17. The van der Waals surface area contributed by atoms with Gasteiger partial charge in [0.1, 0.15) is 12.4 Å². The zero-order valence-corrected chi connectivity index (χ0v) is 7.14. The van der Waals surface area contributed by atoms with Crippen LogP contribution >= 0.6 is 0 Å². The standard InChI is InChI=1S/C9H8F3NO/c10-9(11,12)5-1-2-6-7(13)4-14-8(6)3-5/h1-3,7H,4,13H2/t7-/m0/s1. The van der Waals surface area contributed by atoms with E-state index >= 15 is 0 Å². The summed E-state index contributed by atoms with van der Waals surface area (Å²) in [5, 5.41) is 0. The van der Waals surface area contributed by atoms with E-state index in [1.165, 1.54) is 6.07 Å². The van der Waals surface area contributed by atoms with Crippen LogP contribution in [-0.4, -0.2) is 6.61 Å². The van der Waals surface area contributed by atoms with E-state index in [2.05, 4.69) is 0 Å². The van der Waals surface area contributed by atoms with Crippen molar-refractivity contribution in [2.24, 2.45) is 5.73 Å². The SMILES string of the molecule is N[C@H]1COc2cc(C(F)(F)F)ccc21. The van der Waals surface area contributed by atoms with Gasteiger partial charge in [0.25, 0.3) is 0 Å². The van der Waals surface area contributed by atoms with Crippen molar-refractivity contribution in [3.63, 3.8) is 0 Å². The molecule has 0 aromatic heterocycles. The number of halogens is 3. The van der Waals surface area contributed by atoms with Crippen molar-refractivity contribution in [1.29, 1.82) is 0 Å². The van der Waals surface area contributed by atoms with Gasteiger partial charge in [-0.25, -0.2) is 0 Å². The summed E-state index contributed by atoms with van der Waals surface area (Å²) >= 11 is 0. The Labute approximate surface area is 78.5 Å². The highest BCUT2D eigenvalue weighted by Gasteiger charge is 2.32. The molecule has 1 heterocycles. The number of hydrogen-bond acceptors (Lipinski definition) is 2. The fraction of sp³-hybridized carbons (Fsp3) is 0.333. The van der Waals surface area contributed by atoms with Gasteiger partial charge in [-0.2, -0.15) is 13.2 Å². The molecule has 0 spiro atoms. The predicted molar refractivity (Wildman–Crippen MR) is 43.9 cm³/mol. The van der Waals surface area contributed by atoms with Gasteiger partial charge in [-0.15, -0.1) is 0 Å². The third-order valence-corrected chi connectivity index (χ3v) is 2.16. The molecule has 1 aromatic rings. The van der Waals surface area contributed by atoms with Crippen molar-refractivity contribution in [3.05, 3.63) is 29.3 Å². The molecular formula is C9H8F3NO. The number of fused-ring (bicyclic) bond motifs is 1. The van der Waals surface area contributed by atoms with Gasteiger partial charge in [0.2, 0.25) is 0 Å². The molecular weight excluding hydrogens is 195 g/mol. The van der Waals surface area contributed by atoms with Crippen molar-refractivity contribution in [2.45, 2.75) is 12.2 Å². The first-order valence-corrected chi connectivity index (χ1v) is 4.08. The lowest BCUT2D eigenvalue weighted by Gasteiger charge is -2.08. The summed E-state index contributed by atoms with van der Waals surface area (Å²) in [4.78, 5) is 0. The van der Waals surface area contributed by atoms with Crippen LogP contribution in [0.5, 0.6) is 5.75 Å². The fourth-order valence-corrected chi connectivity index (χ4v) is 1.41. The minimum atomic E-state index is -4.33. The van der Waals surface area contributed by atoms with Crippen LogP contribution in [0.15, 0.2) is 18.2 Å². The van der Waals surface area contributed by atoms with Gasteiger partial charge in [0, 0.05) is 5.56 Å². The third-order valence-electron chi connectivity index (χ3n) is 2.16. The summed E-state index contributed by atoms with van der Waals surface area (Å²) in [6.07, 6.45) is -4.33. The second kappa shape index (κ2) is 2.88. The number of benzene rings is 1. The van der Waals surface area contributed by atoms with Gasteiger partial charge in [0.05, 0.1) is 11.6 Å². The fourth-order valence-electron chi connectivity index (χ4n) is 1.41. The maximum atomic E-state index is 12.3. The number of nitrogens with two attached hydrogens (primary N) is 1. The molecule has 0 saturated carbocycles. The summed E-state index contributed by atoms with van der Waals surface area (Å²) in [6, 6.07) is 3.07. The van der Waals surface area contributed by atoms with E-state index in [1.807, 2.05) is 0 Å². The van der Waals surface area contributed by atoms with Gasteiger partial charge in [0.15, 0.2) is 0 Å². The van der Waals surface area contributed by atoms with E-state index < -0.39 is 11.7 Å². The minimum absolute atomic E-state index is 0.243. The van der Waals surface area contributed by atoms with E-state index in [0.29, 0.717) is 5.56 Å². The van der Waals surface area contributed by atoms with Crippen LogP contribution in [0.25, 0.3) is 0 Å². The molecule has 0 saturated heterocycles. The first kappa shape index (κ1) is 9.33. The largest absolute Gasteiger partial charge is 0.491 e. The molecule has 1 aromatic carbocycles. The van der Waals surface area contributed by atoms with Crippen LogP contribution in [0, 0.1) is 0 Å². The normalized spacial score (nSPS) is 20.4. The highest BCUT2D eigenvalue weighted by atomic mass is 19.4. The van der Waals surface area contributed by atoms with Crippen LogP contribution in [0.4, 0.5) is 13.2 Å². The Bertz CT molecular complexity index is 362. The lowest BCUT2D eigenvalue weighted by atomic mass is 10.1. The highest BCUT2D eigenvalue weighted by Crippen LogP contribution is 2.37. The van der Waals surface area contributed by atoms with Gasteiger partial charge in [-0.3, -0.25) is 0 Å². The van der Waals surface area contributed by atoms with Crippen LogP contribution < -0.4 is 10.5 Å². The topological polar surface area (TPSA) is 35.2 Å². The van der Waals surface area contributed by atoms with Gasteiger partial charge >= 0.3 is 6.18 Å². The molecule has 1 aliphatic rings. The Balaban J connectivity index is 2.42. The Hall–Kier alpha value is -1.23. The zero-order chi connectivity index (χ0) is 10.3. The maximum Gasteiger partial charge on any atom is 0.416 e. The summed E-state index contributed by atoms with van der Waals surface area (Å²) in [6.45, 7) is 0.247. The third kappa shape index (κ3) is 1.43. The maximum absolute atomic E-state index is 12.3. The average Bonchev–Trinajstić information content (AvgIpc) is 2.46. The Morgan fingerprint density at radius 2 is 2.07 bits per heavy atom. The zero-order valence-electron chi connectivity index (χ0n) is 7.14. The number of rotatable bonds is 0. The summed E-state index contributed by atoms with van der Waals surface area (Å²) < 4.78 is 41.8. The molecule has 14 heavy (non-hydrogen) atoms. The summed E-state index contributed by atoms with van der Waals surface area (Å²) in [7, 11) is 0. The monoisotopic (exact) mass is 203 g/mol. The van der Waals surface area contributed by atoms with E-state index in [-0.39, 0.29) is 18.4 Å². The van der Waals surface area contributed by atoms with E-state index in [0.717, 1.165) is 12.1 Å². The molecule has 76 valence electrons. The molecule has 2 nitrogen and oxygen atoms in total. The van der Waals surface area contributed by atoms with Crippen LogP contribution in [0.2, 0.25) is 0 Å². The smallest absolute Gasteiger partial charge is 0.416 e. The Morgan fingerprint density at radius 3 is 2.71 bits per heavy atom. The number of ether oxygens (including phenoxy) is 1. The van der Waals surface area contributed by atoms with E-state index in [4.69, 9.17) is 10.5 Å². The Kier molecular flexibility index (Phi) is 1.92. The lowest BCUT2D eigenvalue weighted by Crippen LogP contribution is -2.10. The molecule has 1 aliphatic heterocycles. The van der Waals surface area contributed by atoms with Crippen LogP contribution in [-0.2, 0) is 6.18 Å². The molecule has 5 heteroatoms. The van der Waals surface area contributed by atoms with Crippen LogP contribution in [0.1, 0.15) is 17.2 Å². The number of hydrogen-bond donors (Lipinski definition) is 1. The van der Waals surface area contributed by atoms with E-state index in [1.54, 1.807) is 0 Å². The molecule has 0 aliphatic carbocycles. The van der Waals surface area contributed by atoms with E-state index in [9.17, 15) is 13.2 Å². The van der Waals surface area contributed by atoms with Gasteiger partial charge < -0.3 is 10.5 Å². The van der Waals surface area contributed by atoms with Crippen molar-refractivity contribution in [1.82, 2.24) is 0 Å². The number of alkyl halides is 3. The quantitative estimate of drug-likeness (QED) is 0.700. The van der Waals surface area contributed by atoms with Crippen molar-refractivity contribution < 1.29 is 17.9 Å². The summed E-state index contributed by atoms with van der Waals surface area (Å²) in [5.74, 6) is 0.243. The van der Waals surface area contributed by atoms with Gasteiger partial charge in [-0.05, 0) is 12.1 Å². The molecule has 0 unspecified atom stereocenters. The summed E-state index contributed by atoms with van der Waals surface area (Å²) in [5.41, 5.74) is 5.53. The van der Waals surface area contributed by atoms with Gasteiger partial charge in [-0.1, -0.05) is 6.07 Å². The van der Waals surface area contributed by atoms with Crippen molar-refractivity contribution >= 4 is 0 Å². The Morgan fingerprint density at radius 1 is 1.36 bits per heavy atom. The van der Waals surface area contributed by atoms with Crippen molar-refractivity contribution in [2.75, 3.05) is 6.61 Å². The van der Waals surface area contributed by atoms with Crippen molar-refractivity contribution in [3.8, 4) is 5.75 Å². The molecule has 1 atom stereocenters. The highest BCUT2D eigenvalue weighted by molar-refractivity contribution is 5.43. The molecule has 0 fully saturated rings. The molecule has 2 N–H and O–H groups in total. The molecule has 0 bridgehead atoms. The minimum Gasteiger partial charge on any atom is -0.491 e. The lowest BCUT2D eigenvalue weighted by molar-refractivity contribution is -0.137.